The van der Waals surface area contributed by atoms with Gasteiger partial charge in [-0.15, -0.1) is 0 Å². The lowest BCUT2D eigenvalue weighted by molar-refractivity contribution is 0.239. The van der Waals surface area contributed by atoms with E-state index in [-0.39, 0.29) is 4.90 Å². The number of nitrogens with one attached hydrogen (secondary N) is 3. The molecule has 2 aromatic heterocycles. The first-order valence-corrected chi connectivity index (χ1v) is 9.48. The number of piperazine rings is 1. The van der Waals surface area contributed by atoms with Crippen LogP contribution < -0.4 is 10.0 Å². The summed E-state index contributed by atoms with van der Waals surface area (Å²) in [5.41, 5.74) is 0.471. The van der Waals surface area contributed by atoms with Crippen LogP contribution in [-0.4, -0.2) is 62.6 Å². The van der Waals surface area contributed by atoms with E-state index in [1.54, 1.807) is 12.3 Å². The number of fused-ring (bicyclic) bond motifs is 1. The van der Waals surface area contributed by atoms with Gasteiger partial charge in [-0.3, -0.25) is 0 Å². The molecule has 3 heterocycles. The molecule has 9 heteroatoms. The van der Waals surface area contributed by atoms with Gasteiger partial charge in [-0.1, -0.05) is 11.6 Å². The fourth-order valence-electron chi connectivity index (χ4n) is 2.72. The highest BCUT2D eigenvalue weighted by Crippen LogP contribution is 2.27. The zero-order valence-corrected chi connectivity index (χ0v) is 14.3. The van der Waals surface area contributed by atoms with Crippen molar-refractivity contribution < 1.29 is 8.42 Å². The Balaban J connectivity index is 1.62. The molecule has 0 aromatic carbocycles. The van der Waals surface area contributed by atoms with Gasteiger partial charge in [0.25, 0.3) is 0 Å². The first-order chi connectivity index (χ1) is 11.1. The van der Waals surface area contributed by atoms with Gasteiger partial charge in [0.1, 0.15) is 10.5 Å². The van der Waals surface area contributed by atoms with Crippen molar-refractivity contribution in [1.82, 2.24) is 24.9 Å². The van der Waals surface area contributed by atoms with Crippen molar-refractivity contribution in [1.29, 1.82) is 0 Å². The van der Waals surface area contributed by atoms with Crippen molar-refractivity contribution in [3.05, 3.63) is 23.5 Å². The van der Waals surface area contributed by atoms with E-state index < -0.39 is 10.0 Å². The SMILES string of the molecule is O=S(=O)(NCCCN1CCNCC1)c1c[nH]c2nccc(Cl)c12. The molecule has 0 saturated carbocycles. The summed E-state index contributed by atoms with van der Waals surface area (Å²) in [7, 11) is -3.61. The number of H-pyrrole nitrogens is 1. The highest BCUT2D eigenvalue weighted by molar-refractivity contribution is 7.89. The molecule has 1 saturated heterocycles. The van der Waals surface area contributed by atoms with Crippen LogP contribution in [0.5, 0.6) is 0 Å². The maximum absolute atomic E-state index is 12.5. The Morgan fingerprint density at radius 2 is 2.13 bits per heavy atom. The lowest BCUT2D eigenvalue weighted by Crippen LogP contribution is -2.44. The normalized spacial score (nSPS) is 16.9. The van der Waals surface area contributed by atoms with Crippen molar-refractivity contribution in [2.24, 2.45) is 0 Å². The van der Waals surface area contributed by atoms with Gasteiger partial charge < -0.3 is 15.2 Å². The molecular weight excluding hydrogens is 338 g/mol. The number of rotatable bonds is 6. The highest BCUT2D eigenvalue weighted by Gasteiger charge is 2.21. The molecular formula is C14H20ClN5O2S. The Kier molecular flexibility index (Phi) is 5.17. The number of halogens is 1. The molecule has 1 aliphatic heterocycles. The molecule has 0 aliphatic carbocycles. The zero-order chi connectivity index (χ0) is 16.3. The number of hydrogen-bond donors (Lipinski definition) is 3. The number of aromatic amines is 1. The van der Waals surface area contributed by atoms with E-state index in [1.807, 2.05) is 0 Å². The third-order valence-electron chi connectivity index (χ3n) is 3.93. The molecule has 1 aliphatic rings. The van der Waals surface area contributed by atoms with Crippen molar-refractivity contribution in [3.8, 4) is 0 Å². The fraction of sp³-hybridized carbons (Fsp3) is 0.500. The predicted molar refractivity (Wildman–Crippen MR) is 90.2 cm³/mol. The van der Waals surface area contributed by atoms with Crippen molar-refractivity contribution >= 4 is 32.7 Å². The second-order valence-electron chi connectivity index (χ2n) is 5.51. The number of pyridine rings is 1. The van der Waals surface area contributed by atoms with Gasteiger partial charge in [-0.2, -0.15) is 0 Å². The monoisotopic (exact) mass is 357 g/mol. The average Bonchev–Trinajstić information content (AvgIpc) is 2.99. The average molecular weight is 358 g/mol. The molecule has 2 aromatic rings. The lowest BCUT2D eigenvalue weighted by Gasteiger charge is -2.27. The summed E-state index contributed by atoms with van der Waals surface area (Å²) >= 11 is 6.11. The fourth-order valence-corrected chi connectivity index (χ4v) is 4.28. The summed E-state index contributed by atoms with van der Waals surface area (Å²) in [5, 5.41) is 4.10. The predicted octanol–water partition coefficient (Wildman–Crippen LogP) is 0.790. The number of sulfonamides is 1. The van der Waals surface area contributed by atoms with Crippen LogP contribution in [0.25, 0.3) is 11.0 Å². The first-order valence-electron chi connectivity index (χ1n) is 7.62. The second-order valence-corrected chi connectivity index (χ2v) is 7.65. The molecule has 0 amide bonds. The summed E-state index contributed by atoms with van der Waals surface area (Å²) < 4.78 is 27.6. The molecule has 7 nitrogen and oxygen atoms in total. The van der Waals surface area contributed by atoms with Gasteiger partial charge in [0, 0.05) is 45.1 Å². The van der Waals surface area contributed by atoms with Crippen LogP contribution in [0, 0.1) is 0 Å². The highest BCUT2D eigenvalue weighted by atomic mass is 35.5. The summed E-state index contributed by atoms with van der Waals surface area (Å²) in [4.78, 5) is 9.41. The third kappa shape index (κ3) is 3.84. The van der Waals surface area contributed by atoms with E-state index in [0.29, 0.717) is 22.6 Å². The van der Waals surface area contributed by atoms with Crippen molar-refractivity contribution in [3.63, 3.8) is 0 Å². The Labute approximate surface area is 140 Å². The summed E-state index contributed by atoms with van der Waals surface area (Å²) in [6, 6.07) is 1.58. The molecule has 23 heavy (non-hydrogen) atoms. The summed E-state index contributed by atoms with van der Waals surface area (Å²) in [6.07, 6.45) is 3.74. The smallest absolute Gasteiger partial charge is 0.242 e. The number of nitrogens with zero attached hydrogens (tertiary/aromatic N) is 2. The number of hydrogen-bond acceptors (Lipinski definition) is 5. The summed E-state index contributed by atoms with van der Waals surface area (Å²) in [5.74, 6) is 0. The molecule has 126 valence electrons. The van der Waals surface area contributed by atoms with Crippen molar-refractivity contribution in [2.75, 3.05) is 39.3 Å². The van der Waals surface area contributed by atoms with Crippen LogP contribution in [0.1, 0.15) is 6.42 Å². The standard InChI is InChI=1S/C14H20ClN5O2S/c15-11-2-4-17-14-13(11)12(10-18-14)23(21,22)19-3-1-7-20-8-5-16-6-9-20/h2,4,10,16,19H,1,3,5-9H2,(H,17,18). The van der Waals surface area contributed by atoms with Crippen molar-refractivity contribution in [2.45, 2.75) is 11.3 Å². The van der Waals surface area contributed by atoms with E-state index >= 15 is 0 Å². The van der Waals surface area contributed by atoms with Gasteiger partial charge in [-0.25, -0.2) is 18.1 Å². The maximum Gasteiger partial charge on any atom is 0.242 e. The molecule has 0 atom stereocenters. The topological polar surface area (TPSA) is 90.1 Å². The molecule has 1 fully saturated rings. The van der Waals surface area contributed by atoms with E-state index in [0.717, 1.165) is 39.1 Å². The van der Waals surface area contributed by atoms with E-state index in [2.05, 4.69) is 24.9 Å². The third-order valence-corrected chi connectivity index (χ3v) is 5.73. The minimum Gasteiger partial charge on any atom is -0.345 e. The Hall–Kier alpha value is -1.19. The zero-order valence-electron chi connectivity index (χ0n) is 12.7. The molecule has 0 spiro atoms. The maximum atomic E-state index is 12.5. The Morgan fingerprint density at radius 1 is 1.35 bits per heavy atom. The Morgan fingerprint density at radius 3 is 2.91 bits per heavy atom. The van der Waals surface area contributed by atoms with Crippen LogP contribution in [0.3, 0.4) is 0 Å². The molecule has 0 radical (unpaired) electrons. The van der Waals surface area contributed by atoms with Gasteiger partial charge in [0.05, 0.1) is 10.4 Å². The second kappa shape index (κ2) is 7.14. The van der Waals surface area contributed by atoms with Crippen LogP contribution >= 0.6 is 11.6 Å². The van der Waals surface area contributed by atoms with Gasteiger partial charge in [0.15, 0.2) is 0 Å². The molecule has 0 bridgehead atoms. The van der Waals surface area contributed by atoms with Gasteiger partial charge in [0.2, 0.25) is 10.0 Å². The van der Waals surface area contributed by atoms with E-state index in [4.69, 9.17) is 11.6 Å². The molecule has 3 N–H and O–H groups in total. The summed E-state index contributed by atoms with van der Waals surface area (Å²) in [6.45, 7) is 5.29. The van der Waals surface area contributed by atoms with Gasteiger partial charge >= 0.3 is 0 Å². The molecule has 0 unspecified atom stereocenters. The quantitative estimate of drug-likeness (QED) is 0.665. The number of aromatic nitrogens is 2. The van der Waals surface area contributed by atoms with E-state index in [9.17, 15) is 8.42 Å². The largest absolute Gasteiger partial charge is 0.345 e. The lowest BCUT2D eigenvalue weighted by atomic mass is 10.3. The van der Waals surface area contributed by atoms with Crippen LogP contribution in [0.15, 0.2) is 23.4 Å². The van der Waals surface area contributed by atoms with Gasteiger partial charge in [-0.05, 0) is 19.0 Å². The van der Waals surface area contributed by atoms with Crippen LogP contribution in [0.2, 0.25) is 5.02 Å². The first kappa shape index (κ1) is 16.7. The van der Waals surface area contributed by atoms with Crippen LogP contribution in [-0.2, 0) is 10.0 Å². The Bertz CT molecular complexity index is 771. The van der Waals surface area contributed by atoms with Crippen LogP contribution in [0.4, 0.5) is 0 Å². The minimum atomic E-state index is -3.61. The molecule has 3 rings (SSSR count). The van der Waals surface area contributed by atoms with E-state index in [1.165, 1.54) is 6.20 Å². The minimum absolute atomic E-state index is 0.146.